The summed E-state index contributed by atoms with van der Waals surface area (Å²) in [6.45, 7) is 2.54. The van der Waals surface area contributed by atoms with E-state index in [1.807, 2.05) is 42.5 Å². The van der Waals surface area contributed by atoms with Crippen molar-refractivity contribution >= 4 is 40.7 Å². The molecular weight excluding hydrogens is 428 g/mol. The van der Waals surface area contributed by atoms with Crippen LogP contribution in [0.2, 0.25) is 0 Å². The van der Waals surface area contributed by atoms with Gasteiger partial charge in [0.15, 0.2) is 0 Å². The topological polar surface area (TPSA) is 90.6 Å². The molecule has 0 fully saturated rings. The summed E-state index contributed by atoms with van der Waals surface area (Å²) < 4.78 is 10.6. The van der Waals surface area contributed by atoms with E-state index in [1.54, 1.807) is 18.2 Å². The second-order valence-corrected chi connectivity index (χ2v) is 7.39. The monoisotopic (exact) mass is 456 g/mol. The van der Waals surface area contributed by atoms with Gasteiger partial charge in [-0.2, -0.15) is 0 Å². The summed E-state index contributed by atoms with van der Waals surface area (Å²) >= 11 is 0. The number of carbonyl (C=O) groups is 2. The Morgan fingerprint density at radius 3 is 2.50 bits per heavy atom. The fourth-order valence-electron chi connectivity index (χ4n) is 3.25. The van der Waals surface area contributed by atoms with Crippen LogP contribution in [0, 0.1) is 0 Å². The number of nitrogens with two attached hydrogens (primary N) is 1. The number of ether oxygens (including phenoxy) is 2. The molecule has 0 aromatic heterocycles. The highest BCUT2D eigenvalue weighted by Crippen LogP contribution is 2.27. The van der Waals surface area contributed by atoms with Gasteiger partial charge in [0, 0.05) is 0 Å². The molecule has 7 heteroatoms. The van der Waals surface area contributed by atoms with Crippen LogP contribution in [0.15, 0.2) is 60.7 Å². The van der Waals surface area contributed by atoms with E-state index >= 15 is 0 Å². The number of nitrogens with one attached hydrogen (secondary N) is 1. The van der Waals surface area contributed by atoms with E-state index in [1.165, 1.54) is 7.11 Å². The van der Waals surface area contributed by atoms with Crippen LogP contribution in [-0.4, -0.2) is 31.6 Å². The molecule has 0 spiro atoms. The normalized spacial score (nSPS) is 11.3. The average Bonchev–Trinajstić information content (AvgIpc) is 2.79. The lowest BCUT2D eigenvalue weighted by atomic mass is 10.0. The van der Waals surface area contributed by atoms with Crippen molar-refractivity contribution in [2.75, 3.05) is 19.0 Å². The average molecular weight is 457 g/mol. The predicted octanol–water partition coefficient (Wildman–Crippen LogP) is 4.74. The number of amides is 1. The van der Waals surface area contributed by atoms with Gasteiger partial charge in [-0.05, 0) is 47.4 Å². The SMILES string of the molecule is CCCCOc1cc(C(=O)OC)ccc1NC(=O)[C@H](N)Cc1ccc2ccccc2c1.Cl. The maximum atomic E-state index is 12.8. The van der Waals surface area contributed by atoms with E-state index in [4.69, 9.17) is 15.2 Å². The van der Waals surface area contributed by atoms with Crippen LogP contribution in [0.5, 0.6) is 5.75 Å². The van der Waals surface area contributed by atoms with Crippen molar-refractivity contribution in [3.8, 4) is 5.75 Å². The molecule has 0 radical (unpaired) electrons. The van der Waals surface area contributed by atoms with Gasteiger partial charge in [-0.25, -0.2) is 4.79 Å². The summed E-state index contributed by atoms with van der Waals surface area (Å²) in [5.41, 5.74) is 8.00. The summed E-state index contributed by atoms with van der Waals surface area (Å²) in [7, 11) is 1.32. The molecule has 3 N–H and O–H groups in total. The molecule has 0 aliphatic rings. The van der Waals surface area contributed by atoms with Gasteiger partial charge >= 0.3 is 5.97 Å². The Bertz CT molecular complexity index is 1070. The summed E-state index contributed by atoms with van der Waals surface area (Å²) in [6, 6.07) is 18.2. The van der Waals surface area contributed by atoms with Gasteiger partial charge < -0.3 is 20.5 Å². The number of halogens is 1. The Balaban J connectivity index is 0.00000363. The Labute approximate surface area is 194 Å². The van der Waals surface area contributed by atoms with Crippen molar-refractivity contribution in [1.29, 1.82) is 0 Å². The first-order valence-electron chi connectivity index (χ1n) is 10.4. The van der Waals surface area contributed by atoms with Crippen molar-refractivity contribution in [3.05, 3.63) is 71.8 Å². The van der Waals surface area contributed by atoms with Crippen LogP contribution in [0.4, 0.5) is 5.69 Å². The fraction of sp³-hybridized carbons (Fsp3) is 0.280. The van der Waals surface area contributed by atoms with E-state index in [0.29, 0.717) is 30.0 Å². The number of anilines is 1. The third kappa shape index (κ3) is 6.45. The summed E-state index contributed by atoms with van der Waals surface area (Å²) in [5, 5.41) is 5.09. The van der Waals surface area contributed by atoms with E-state index in [9.17, 15) is 9.59 Å². The molecule has 170 valence electrons. The molecule has 0 heterocycles. The number of carbonyl (C=O) groups excluding carboxylic acids is 2. The van der Waals surface area contributed by atoms with Crippen LogP contribution in [0.25, 0.3) is 10.8 Å². The van der Waals surface area contributed by atoms with Gasteiger partial charge in [0.2, 0.25) is 5.91 Å². The third-order valence-electron chi connectivity index (χ3n) is 5.02. The number of esters is 1. The zero-order valence-corrected chi connectivity index (χ0v) is 19.1. The minimum absolute atomic E-state index is 0. The predicted molar refractivity (Wildman–Crippen MR) is 130 cm³/mol. The van der Waals surface area contributed by atoms with E-state index in [0.717, 1.165) is 29.2 Å². The highest BCUT2D eigenvalue weighted by atomic mass is 35.5. The third-order valence-corrected chi connectivity index (χ3v) is 5.02. The molecule has 3 aromatic rings. The summed E-state index contributed by atoms with van der Waals surface area (Å²) in [6.07, 6.45) is 2.23. The second-order valence-electron chi connectivity index (χ2n) is 7.39. The van der Waals surface area contributed by atoms with Crippen molar-refractivity contribution in [2.45, 2.75) is 32.2 Å². The molecule has 0 aliphatic carbocycles. The van der Waals surface area contributed by atoms with Gasteiger partial charge in [0.1, 0.15) is 5.75 Å². The number of fused-ring (bicyclic) bond motifs is 1. The summed E-state index contributed by atoms with van der Waals surface area (Å²) in [4.78, 5) is 24.6. The van der Waals surface area contributed by atoms with Gasteiger partial charge in [-0.1, -0.05) is 55.8 Å². The lowest BCUT2D eigenvalue weighted by Gasteiger charge is -2.16. The quantitative estimate of drug-likeness (QED) is 0.358. The van der Waals surface area contributed by atoms with Gasteiger partial charge in [0.25, 0.3) is 0 Å². The zero-order valence-electron chi connectivity index (χ0n) is 18.3. The molecule has 1 amide bonds. The molecule has 0 saturated carbocycles. The van der Waals surface area contributed by atoms with E-state index in [2.05, 4.69) is 12.2 Å². The van der Waals surface area contributed by atoms with Crippen molar-refractivity contribution in [2.24, 2.45) is 5.73 Å². The van der Waals surface area contributed by atoms with Crippen LogP contribution in [0.3, 0.4) is 0 Å². The second kappa shape index (κ2) is 12.1. The lowest BCUT2D eigenvalue weighted by Crippen LogP contribution is -2.37. The molecule has 3 rings (SSSR count). The van der Waals surface area contributed by atoms with E-state index in [-0.39, 0.29) is 18.3 Å². The van der Waals surface area contributed by atoms with Gasteiger partial charge in [-0.3, -0.25) is 4.79 Å². The van der Waals surface area contributed by atoms with Crippen molar-refractivity contribution in [1.82, 2.24) is 0 Å². The van der Waals surface area contributed by atoms with Crippen LogP contribution < -0.4 is 15.8 Å². The van der Waals surface area contributed by atoms with Gasteiger partial charge in [0.05, 0.1) is 31.0 Å². The first kappa shape index (κ1) is 25.2. The highest BCUT2D eigenvalue weighted by molar-refractivity contribution is 5.97. The molecule has 6 nitrogen and oxygen atoms in total. The smallest absolute Gasteiger partial charge is 0.337 e. The molecular formula is C25H29ClN2O4. The van der Waals surface area contributed by atoms with Crippen molar-refractivity contribution in [3.63, 3.8) is 0 Å². The zero-order chi connectivity index (χ0) is 22.2. The van der Waals surface area contributed by atoms with E-state index < -0.39 is 12.0 Å². The lowest BCUT2D eigenvalue weighted by molar-refractivity contribution is -0.117. The van der Waals surface area contributed by atoms with Gasteiger partial charge in [-0.15, -0.1) is 12.4 Å². The number of hydrogen-bond acceptors (Lipinski definition) is 5. The number of hydrogen-bond donors (Lipinski definition) is 2. The van der Waals surface area contributed by atoms with Crippen LogP contribution >= 0.6 is 12.4 Å². The number of benzene rings is 3. The molecule has 0 saturated heterocycles. The first-order chi connectivity index (χ1) is 15.0. The Morgan fingerprint density at radius 2 is 1.78 bits per heavy atom. The fourth-order valence-corrected chi connectivity index (χ4v) is 3.25. The number of methoxy groups -OCH3 is 1. The largest absolute Gasteiger partial charge is 0.491 e. The molecule has 32 heavy (non-hydrogen) atoms. The highest BCUT2D eigenvalue weighted by Gasteiger charge is 2.18. The number of unbranched alkanes of at least 4 members (excludes halogenated alkanes) is 1. The molecule has 1 atom stereocenters. The van der Waals surface area contributed by atoms with Crippen molar-refractivity contribution < 1.29 is 19.1 Å². The molecule has 0 aliphatic heterocycles. The maximum absolute atomic E-state index is 12.8. The maximum Gasteiger partial charge on any atom is 0.337 e. The minimum Gasteiger partial charge on any atom is -0.491 e. The summed E-state index contributed by atoms with van der Waals surface area (Å²) in [5.74, 6) is -0.367. The Hall–Kier alpha value is -3.09. The Kier molecular flexibility index (Phi) is 9.50. The minimum atomic E-state index is -0.732. The molecule has 0 bridgehead atoms. The number of rotatable bonds is 9. The van der Waals surface area contributed by atoms with Crippen LogP contribution in [0.1, 0.15) is 35.7 Å². The molecule has 0 unspecified atom stereocenters. The first-order valence-corrected chi connectivity index (χ1v) is 10.4. The standard InChI is InChI=1S/C25H28N2O4.ClH/c1-3-4-13-31-23-16-20(25(29)30-2)11-12-22(23)27-24(28)21(26)15-17-9-10-18-7-5-6-8-19(18)14-17;/h5-12,14,16,21H,3-4,13,15,26H2,1-2H3,(H,27,28);1H/t21-;/m1./s1. The molecule has 3 aromatic carbocycles. The Morgan fingerprint density at radius 1 is 1.03 bits per heavy atom. The van der Waals surface area contributed by atoms with Crippen LogP contribution in [-0.2, 0) is 16.0 Å².